The summed E-state index contributed by atoms with van der Waals surface area (Å²) in [5.74, 6) is 0.137. The molecule has 1 aromatic carbocycles. The number of thiazole rings is 1. The van der Waals surface area contributed by atoms with Crippen LogP contribution in [0.15, 0.2) is 30.6 Å². The zero-order valence-electron chi connectivity index (χ0n) is 22.1. The maximum atomic E-state index is 12.1. The molecule has 0 atom stereocenters. The molecule has 1 fully saturated rings. The largest absolute Gasteiger partial charge is 0.481 e. The first-order valence-electron chi connectivity index (χ1n) is 13.0. The van der Waals surface area contributed by atoms with Gasteiger partial charge in [0.1, 0.15) is 0 Å². The highest BCUT2D eigenvalue weighted by atomic mass is 32.1. The number of urea groups is 1. The number of aromatic nitrogens is 5. The zero-order chi connectivity index (χ0) is 27.5. The molecule has 12 heteroatoms. The van der Waals surface area contributed by atoms with E-state index in [1.165, 1.54) is 11.3 Å². The number of aryl methyl sites for hydroxylation is 2. The predicted octanol–water partition coefficient (Wildman–Crippen LogP) is 4.52. The van der Waals surface area contributed by atoms with Crippen LogP contribution in [0, 0.1) is 12.8 Å². The minimum atomic E-state index is -0.740. The Morgan fingerprint density at radius 2 is 1.90 bits per heavy atom. The SMILES string of the molecule is CCNC(=O)Nc1nc2cc(-c3cnc(N4CCC(C(=O)O)CC4)nc3CC)cc(-c3nccc(C)n3)c2s1. The lowest BCUT2D eigenvalue weighted by atomic mass is 9.97. The molecule has 0 aliphatic carbocycles. The number of carbonyl (C=O) groups is 2. The van der Waals surface area contributed by atoms with E-state index in [0.717, 1.165) is 32.8 Å². The van der Waals surface area contributed by atoms with Crippen LogP contribution < -0.4 is 15.5 Å². The fraction of sp³-hybridized carbons (Fsp3) is 0.370. The van der Waals surface area contributed by atoms with E-state index < -0.39 is 5.97 Å². The van der Waals surface area contributed by atoms with Crippen molar-refractivity contribution >= 4 is 44.6 Å². The van der Waals surface area contributed by atoms with E-state index in [-0.39, 0.29) is 11.9 Å². The molecule has 39 heavy (non-hydrogen) atoms. The van der Waals surface area contributed by atoms with Crippen molar-refractivity contribution in [1.29, 1.82) is 0 Å². The topological polar surface area (TPSA) is 146 Å². The van der Waals surface area contributed by atoms with Crippen LogP contribution in [-0.4, -0.2) is 61.7 Å². The van der Waals surface area contributed by atoms with Gasteiger partial charge in [-0.1, -0.05) is 18.3 Å². The smallest absolute Gasteiger partial charge is 0.321 e. The van der Waals surface area contributed by atoms with E-state index in [4.69, 9.17) is 9.97 Å². The fourth-order valence-corrected chi connectivity index (χ4v) is 5.63. The third kappa shape index (κ3) is 5.65. The molecule has 1 aliphatic rings. The molecule has 4 heterocycles. The Balaban J connectivity index is 1.55. The number of nitrogens with one attached hydrogen (secondary N) is 2. The number of hydrogen-bond acceptors (Lipinski definition) is 9. The third-order valence-electron chi connectivity index (χ3n) is 6.71. The molecule has 0 spiro atoms. The van der Waals surface area contributed by atoms with Crippen molar-refractivity contribution in [2.45, 2.75) is 40.0 Å². The van der Waals surface area contributed by atoms with Crippen LogP contribution in [0.4, 0.5) is 15.9 Å². The second-order valence-electron chi connectivity index (χ2n) is 9.38. The van der Waals surface area contributed by atoms with Crippen molar-refractivity contribution in [3.05, 3.63) is 42.0 Å². The molecule has 0 bridgehead atoms. The van der Waals surface area contributed by atoms with E-state index in [9.17, 15) is 14.7 Å². The second kappa shape index (κ2) is 11.3. The van der Waals surface area contributed by atoms with E-state index >= 15 is 0 Å². The molecule has 0 saturated carbocycles. The van der Waals surface area contributed by atoms with Crippen molar-refractivity contribution < 1.29 is 14.7 Å². The Hall–Kier alpha value is -4.19. The van der Waals surface area contributed by atoms with Crippen LogP contribution in [0.3, 0.4) is 0 Å². The summed E-state index contributed by atoms with van der Waals surface area (Å²) in [6.07, 6.45) is 5.40. The van der Waals surface area contributed by atoms with Gasteiger partial charge < -0.3 is 15.3 Å². The lowest BCUT2D eigenvalue weighted by molar-refractivity contribution is -0.142. The molecule has 3 N–H and O–H groups in total. The van der Waals surface area contributed by atoms with E-state index in [2.05, 4.69) is 30.5 Å². The number of carbonyl (C=O) groups excluding carboxylic acids is 1. The minimum Gasteiger partial charge on any atom is -0.481 e. The maximum absolute atomic E-state index is 12.1. The quantitative estimate of drug-likeness (QED) is 0.304. The number of carboxylic acid groups (broad SMARTS) is 1. The Morgan fingerprint density at radius 3 is 2.59 bits per heavy atom. The first-order chi connectivity index (χ1) is 18.9. The van der Waals surface area contributed by atoms with Crippen LogP contribution >= 0.6 is 11.3 Å². The molecule has 202 valence electrons. The number of piperidine rings is 1. The number of carboxylic acids is 1. The lowest BCUT2D eigenvalue weighted by Gasteiger charge is -2.30. The highest BCUT2D eigenvalue weighted by molar-refractivity contribution is 7.22. The lowest BCUT2D eigenvalue weighted by Crippen LogP contribution is -2.37. The van der Waals surface area contributed by atoms with Gasteiger partial charge in [0, 0.05) is 48.8 Å². The first kappa shape index (κ1) is 26.4. The standard InChI is InChI=1S/C27H30N8O3S/c1-4-20-19(14-30-25(32-20)35-10-7-16(8-11-35)24(36)37)17-12-18(23-29-9-6-15(3)31-23)22-21(13-17)33-27(39-22)34-26(38)28-5-2/h6,9,12-14,16H,4-5,7-8,10-11H2,1-3H3,(H,36,37)(H2,28,33,34,38). The normalized spacial score (nSPS) is 14.0. The van der Waals surface area contributed by atoms with Gasteiger partial charge in [0.15, 0.2) is 11.0 Å². The van der Waals surface area contributed by atoms with Crippen LogP contribution in [0.5, 0.6) is 0 Å². The summed E-state index contributed by atoms with van der Waals surface area (Å²) in [5, 5.41) is 15.3. The van der Waals surface area contributed by atoms with E-state index in [0.29, 0.717) is 61.3 Å². The van der Waals surface area contributed by atoms with Gasteiger partial charge >= 0.3 is 12.0 Å². The molecule has 1 aliphatic heterocycles. The summed E-state index contributed by atoms with van der Waals surface area (Å²) >= 11 is 1.37. The maximum Gasteiger partial charge on any atom is 0.321 e. The van der Waals surface area contributed by atoms with Crippen LogP contribution in [0.25, 0.3) is 32.7 Å². The van der Waals surface area contributed by atoms with Gasteiger partial charge in [0.25, 0.3) is 0 Å². The summed E-state index contributed by atoms with van der Waals surface area (Å²) in [5.41, 5.74) is 5.01. The van der Waals surface area contributed by atoms with Crippen molar-refractivity contribution in [2.75, 3.05) is 29.9 Å². The first-order valence-corrected chi connectivity index (χ1v) is 13.8. The molecule has 5 rings (SSSR count). The van der Waals surface area contributed by atoms with Crippen LogP contribution in [0.2, 0.25) is 0 Å². The number of anilines is 2. The van der Waals surface area contributed by atoms with Crippen LogP contribution in [-0.2, 0) is 11.2 Å². The predicted molar refractivity (Wildman–Crippen MR) is 151 cm³/mol. The highest BCUT2D eigenvalue weighted by Crippen LogP contribution is 2.38. The molecule has 0 radical (unpaired) electrons. The molecule has 2 amide bonds. The molecule has 0 unspecified atom stereocenters. The number of aliphatic carboxylic acids is 1. The number of amides is 2. The van der Waals surface area contributed by atoms with Crippen molar-refractivity contribution in [3.63, 3.8) is 0 Å². The number of hydrogen-bond donors (Lipinski definition) is 3. The van der Waals surface area contributed by atoms with Crippen LogP contribution in [0.1, 0.15) is 38.1 Å². The van der Waals surface area contributed by atoms with E-state index in [1.807, 2.05) is 45.2 Å². The average molecular weight is 547 g/mol. The zero-order valence-corrected chi connectivity index (χ0v) is 22.9. The van der Waals surface area contributed by atoms with Crippen molar-refractivity contribution in [2.24, 2.45) is 5.92 Å². The number of rotatable bonds is 7. The van der Waals surface area contributed by atoms with Crippen molar-refractivity contribution in [3.8, 4) is 22.5 Å². The highest BCUT2D eigenvalue weighted by Gasteiger charge is 2.26. The monoisotopic (exact) mass is 546 g/mol. The number of benzene rings is 1. The minimum absolute atomic E-state index is 0.310. The van der Waals surface area contributed by atoms with Gasteiger partial charge in [0.2, 0.25) is 5.95 Å². The van der Waals surface area contributed by atoms with Gasteiger partial charge in [0.05, 0.1) is 21.8 Å². The van der Waals surface area contributed by atoms with E-state index in [1.54, 1.807) is 6.20 Å². The van der Waals surface area contributed by atoms with Crippen molar-refractivity contribution in [1.82, 2.24) is 30.2 Å². The van der Waals surface area contributed by atoms with Gasteiger partial charge in [-0.3, -0.25) is 10.1 Å². The Morgan fingerprint density at radius 1 is 1.10 bits per heavy atom. The summed E-state index contributed by atoms with van der Waals surface area (Å²) in [4.78, 5) is 48.9. The van der Waals surface area contributed by atoms with Gasteiger partial charge in [-0.2, -0.15) is 0 Å². The number of nitrogens with zero attached hydrogens (tertiary/aromatic N) is 6. The summed E-state index contributed by atoms with van der Waals surface area (Å²) in [6, 6.07) is 5.54. The molecule has 1 saturated heterocycles. The summed E-state index contributed by atoms with van der Waals surface area (Å²) < 4.78 is 0.869. The Labute approximate surface area is 229 Å². The van der Waals surface area contributed by atoms with Gasteiger partial charge in [-0.05, 0) is 56.9 Å². The molecule has 11 nitrogen and oxygen atoms in total. The molecule has 3 aromatic heterocycles. The van der Waals surface area contributed by atoms with Gasteiger partial charge in [-0.15, -0.1) is 0 Å². The molecule has 4 aromatic rings. The molecular weight excluding hydrogens is 516 g/mol. The Bertz CT molecular complexity index is 1530. The van der Waals surface area contributed by atoms with Gasteiger partial charge in [-0.25, -0.2) is 29.7 Å². The average Bonchev–Trinajstić information content (AvgIpc) is 3.34. The fourth-order valence-electron chi connectivity index (χ4n) is 4.68. The Kier molecular flexibility index (Phi) is 7.64. The number of fused-ring (bicyclic) bond motifs is 1. The second-order valence-corrected chi connectivity index (χ2v) is 10.4. The summed E-state index contributed by atoms with van der Waals surface area (Å²) in [7, 11) is 0. The molecular formula is C27H30N8O3S. The summed E-state index contributed by atoms with van der Waals surface area (Å²) in [6.45, 7) is 7.56. The third-order valence-corrected chi connectivity index (χ3v) is 7.73.